The second-order valence-electron chi connectivity index (χ2n) is 19.3. The van der Waals surface area contributed by atoms with E-state index in [4.69, 9.17) is 28.4 Å². The van der Waals surface area contributed by atoms with Crippen LogP contribution in [0.25, 0.3) is 10.8 Å². The van der Waals surface area contributed by atoms with Gasteiger partial charge in [-0.15, -0.1) is 10.3 Å². The summed E-state index contributed by atoms with van der Waals surface area (Å²) in [7, 11) is 0. The van der Waals surface area contributed by atoms with Crippen LogP contribution in [0.3, 0.4) is 0 Å². The second kappa shape index (κ2) is 24.7. The summed E-state index contributed by atoms with van der Waals surface area (Å²) in [6.45, 7) is 9.98. The van der Waals surface area contributed by atoms with E-state index in [0.717, 1.165) is 23.3 Å². The lowest BCUT2D eigenvalue weighted by Crippen LogP contribution is -2.54. The van der Waals surface area contributed by atoms with Gasteiger partial charge in [-0.2, -0.15) is 0 Å². The van der Waals surface area contributed by atoms with Crippen molar-refractivity contribution in [1.29, 1.82) is 0 Å². The van der Waals surface area contributed by atoms with Crippen LogP contribution in [0.4, 0.5) is 0 Å². The molecule has 0 N–H and O–H groups in total. The van der Waals surface area contributed by atoms with E-state index in [0.29, 0.717) is 29.1 Å². The van der Waals surface area contributed by atoms with Gasteiger partial charge >= 0.3 is 29.8 Å². The molecule has 1 aliphatic heterocycles. The van der Waals surface area contributed by atoms with Gasteiger partial charge in [-0.3, -0.25) is 0 Å². The van der Waals surface area contributed by atoms with Gasteiger partial charge in [0.15, 0.2) is 0 Å². The molecule has 0 amide bonds. The van der Waals surface area contributed by atoms with Crippen LogP contribution in [0.15, 0.2) is 145 Å². The largest absolute Gasteiger partial charge is 0.494 e. The topological polar surface area (TPSA) is 164 Å². The molecule has 13 heteroatoms. The molecule has 7 rings (SSSR count). The Morgan fingerprint density at radius 1 is 0.425 bits per heavy atom. The molecule has 1 radical (unpaired) electrons. The minimum Gasteiger partial charge on any atom is -0.494 e. The van der Waals surface area contributed by atoms with E-state index in [1.807, 2.05) is 0 Å². The highest BCUT2D eigenvalue weighted by Crippen LogP contribution is 2.37. The van der Waals surface area contributed by atoms with Gasteiger partial charge < -0.3 is 28.4 Å². The summed E-state index contributed by atoms with van der Waals surface area (Å²) in [6, 6.07) is 34.6. The van der Waals surface area contributed by atoms with Crippen molar-refractivity contribution >= 4 is 40.6 Å². The van der Waals surface area contributed by atoms with Gasteiger partial charge in [-0.25, -0.2) is 24.0 Å². The molecule has 0 saturated heterocycles. The van der Waals surface area contributed by atoms with Crippen molar-refractivity contribution < 1.29 is 57.6 Å². The number of fused-ring (bicyclic) bond motifs is 1. The first-order valence-electron chi connectivity index (χ1n) is 24.9. The minimum absolute atomic E-state index is 0.191. The summed E-state index contributed by atoms with van der Waals surface area (Å²) in [5.74, 6) is -1.12. The Labute approximate surface area is 426 Å². The van der Waals surface area contributed by atoms with E-state index in [9.17, 15) is 29.2 Å². The maximum atomic E-state index is 13.2. The van der Waals surface area contributed by atoms with Gasteiger partial charge in [0.25, 0.3) is 0 Å². The number of hydroxylamine groups is 2. The number of hydrogen-bond donors (Lipinski definition) is 0. The van der Waals surface area contributed by atoms with Crippen molar-refractivity contribution in [3.05, 3.63) is 173 Å². The van der Waals surface area contributed by atoms with Crippen molar-refractivity contribution in [2.24, 2.45) is 0 Å². The van der Waals surface area contributed by atoms with Gasteiger partial charge in [0.1, 0.15) is 34.5 Å². The highest BCUT2D eigenvalue weighted by Gasteiger charge is 2.43. The van der Waals surface area contributed by atoms with Crippen LogP contribution in [0.1, 0.15) is 157 Å². The molecular weight excluding hydrogens is 927 g/mol. The average molecular weight is 989 g/mol. The van der Waals surface area contributed by atoms with Crippen LogP contribution in [-0.4, -0.2) is 52.6 Å². The lowest BCUT2D eigenvalue weighted by atomic mass is 9.86. The van der Waals surface area contributed by atoms with Crippen LogP contribution in [0.2, 0.25) is 0 Å². The molecule has 0 saturated carbocycles. The first kappa shape index (κ1) is 53.2. The van der Waals surface area contributed by atoms with Crippen LogP contribution in [0, 0.1) is 0 Å². The second-order valence-corrected chi connectivity index (χ2v) is 19.3. The van der Waals surface area contributed by atoms with Gasteiger partial charge in [-0.1, -0.05) is 76.8 Å². The molecule has 13 nitrogen and oxygen atoms in total. The normalized spacial score (nSPS) is 13.9. The highest BCUT2D eigenvalue weighted by molar-refractivity contribution is 5.98. The Morgan fingerprint density at radius 3 is 1.26 bits per heavy atom. The number of ether oxygens (including phenoxy) is 6. The number of rotatable bonds is 22. The summed E-state index contributed by atoms with van der Waals surface area (Å²) < 4.78 is 33.8. The monoisotopic (exact) mass is 988 g/mol. The number of carbonyl (C=O) groups excluding carboxylic acids is 5. The van der Waals surface area contributed by atoms with Crippen LogP contribution in [-0.2, 0) is 9.94 Å². The first-order chi connectivity index (χ1) is 35.1. The van der Waals surface area contributed by atoms with Gasteiger partial charge in [0.05, 0.1) is 45.5 Å². The standard InChI is InChI=1S/C60H62NO12/c1-6-7-8-9-10-11-12-13-14-15-36-68-48-27-19-42(20-28-48)54(62)69-49-29-21-43(22-30-49)55(63)70-50-31-23-44(24-32-50)56(64)72-52-35-18-41-16-17-46(37-47(41)38-52)58(66)71-51-33-25-45(26-34-51)57(65)73-53-39-59(2,3)61(67)60(4,5)40-53/h16-35,37-39H,6-15,36,40H2,1-5H3. The fraction of sp³-hybridized carbons (Fsp3) is 0.317. The molecule has 0 unspecified atom stereocenters. The highest BCUT2D eigenvalue weighted by atomic mass is 16.6. The van der Waals surface area contributed by atoms with Crippen molar-refractivity contribution in [3.63, 3.8) is 0 Å². The lowest BCUT2D eigenvalue weighted by Gasteiger charge is -2.44. The Kier molecular flexibility index (Phi) is 18.0. The molecule has 1 aliphatic rings. The van der Waals surface area contributed by atoms with E-state index in [2.05, 4.69) is 6.92 Å². The van der Waals surface area contributed by atoms with Gasteiger partial charge in [0, 0.05) is 6.42 Å². The quantitative estimate of drug-likeness (QED) is 0.0360. The van der Waals surface area contributed by atoms with Gasteiger partial charge in [-0.05, 0) is 172 Å². The fourth-order valence-corrected chi connectivity index (χ4v) is 8.55. The van der Waals surface area contributed by atoms with Crippen LogP contribution in [0.5, 0.6) is 28.7 Å². The molecule has 73 heavy (non-hydrogen) atoms. The first-order valence-corrected chi connectivity index (χ1v) is 24.9. The summed E-state index contributed by atoms with van der Waals surface area (Å²) in [4.78, 5) is 65.1. The number of carbonyl (C=O) groups is 5. The van der Waals surface area contributed by atoms with Gasteiger partial charge in [0.2, 0.25) is 0 Å². The number of esters is 5. The molecule has 6 aromatic rings. The predicted octanol–water partition coefficient (Wildman–Crippen LogP) is 13.7. The van der Waals surface area contributed by atoms with Crippen LogP contribution >= 0.6 is 0 Å². The van der Waals surface area contributed by atoms with E-state index >= 15 is 0 Å². The zero-order valence-corrected chi connectivity index (χ0v) is 42.1. The van der Waals surface area contributed by atoms with Crippen molar-refractivity contribution in [2.75, 3.05) is 6.61 Å². The third-order valence-corrected chi connectivity index (χ3v) is 12.4. The molecule has 1 heterocycles. The Morgan fingerprint density at radius 2 is 0.795 bits per heavy atom. The molecule has 0 fully saturated rings. The third-order valence-electron chi connectivity index (χ3n) is 12.4. The molecule has 379 valence electrons. The third kappa shape index (κ3) is 15.0. The maximum Gasteiger partial charge on any atom is 0.343 e. The number of nitrogens with zero attached hydrogens (tertiary/aromatic N) is 1. The Hall–Kier alpha value is -7.61. The smallest absolute Gasteiger partial charge is 0.343 e. The van der Waals surface area contributed by atoms with Crippen LogP contribution < -0.4 is 23.7 Å². The van der Waals surface area contributed by atoms with E-state index in [-0.39, 0.29) is 51.7 Å². The number of hydrogen-bond acceptors (Lipinski definition) is 12. The average Bonchev–Trinajstić information content (AvgIpc) is 3.37. The zero-order chi connectivity index (χ0) is 52.0. The summed E-state index contributed by atoms with van der Waals surface area (Å²) >= 11 is 0. The molecule has 0 aromatic heterocycles. The maximum absolute atomic E-state index is 13.2. The molecule has 6 aromatic carbocycles. The predicted molar refractivity (Wildman–Crippen MR) is 276 cm³/mol. The van der Waals surface area contributed by atoms with Crippen molar-refractivity contribution in [2.45, 2.75) is 116 Å². The lowest BCUT2D eigenvalue weighted by molar-refractivity contribution is -0.265. The Bertz CT molecular complexity index is 2900. The SMILES string of the molecule is CCCCCCCCCCCCOc1ccc(C(=O)Oc2ccc(C(=O)Oc3ccc(C(=O)Oc4ccc5ccc(C(=O)Oc6ccc(C(=O)OC7=CC(C)(C)N([O])C(C)(C)C7)cc6)cc5c4)cc3)cc2)cc1. The minimum atomic E-state index is -0.849. The molecule has 0 aliphatic carbocycles. The fourth-order valence-electron chi connectivity index (χ4n) is 8.55. The van der Waals surface area contributed by atoms with E-state index in [1.165, 1.54) is 124 Å². The van der Waals surface area contributed by atoms with Crippen molar-refractivity contribution in [1.82, 2.24) is 5.06 Å². The summed E-state index contributed by atoms with van der Waals surface area (Å²) in [5, 5.41) is 15.1. The molecular formula is C60H62NO12. The summed E-state index contributed by atoms with van der Waals surface area (Å²) in [5.41, 5.74) is -0.344. The summed E-state index contributed by atoms with van der Waals surface area (Å²) in [6.07, 6.45) is 14.5. The molecule has 0 atom stereocenters. The van der Waals surface area contributed by atoms with E-state index < -0.39 is 40.9 Å². The molecule has 0 bridgehead atoms. The van der Waals surface area contributed by atoms with Crippen molar-refractivity contribution in [3.8, 4) is 28.7 Å². The number of unbranched alkanes of at least 4 members (excludes halogenated alkanes) is 9. The Balaban J connectivity index is 0.840. The number of benzene rings is 6. The zero-order valence-electron chi connectivity index (χ0n) is 42.1. The molecule has 0 spiro atoms. The van der Waals surface area contributed by atoms with E-state index in [1.54, 1.807) is 94.4 Å².